The summed E-state index contributed by atoms with van der Waals surface area (Å²) in [6.45, 7) is 0. The lowest BCUT2D eigenvalue weighted by Gasteiger charge is -2.08. The molecule has 6 nitrogen and oxygen atoms in total. The third-order valence-corrected chi connectivity index (χ3v) is 2.50. The van der Waals surface area contributed by atoms with Gasteiger partial charge in [-0.1, -0.05) is 5.16 Å². The van der Waals surface area contributed by atoms with Crippen LogP contribution in [0.3, 0.4) is 0 Å². The lowest BCUT2D eigenvalue weighted by Crippen LogP contribution is -2.16. The first-order valence-corrected chi connectivity index (χ1v) is 5.70. The number of rotatable bonds is 3. The fourth-order valence-electron chi connectivity index (χ4n) is 1.63. The lowest BCUT2D eigenvalue weighted by molar-refractivity contribution is -0.274. The van der Waals surface area contributed by atoms with E-state index in [1.807, 2.05) is 0 Å². The molecule has 2 aromatic heterocycles. The van der Waals surface area contributed by atoms with Gasteiger partial charge in [0.25, 0.3) is 5.89 Å². The number of hydrogen-bond donors (Lipinski definition) is 1. The Bertz CT molecular complexity index is 720. The van der Waals surface area contributed by atoms with E-state index >= 15 is 0 Å². The Kier molecular flexibility index (Phi) is 3.09. The van der Waals surface area contributed by atoms with Crippen molar-refractivity contribution in [2.75, 3.05) is 0 Å². The maximum Gasteiger partial charge on any atom is 0.573 e. The number of imidazole rings is 1. The van der Waals surface area contributed by atoms with Crippen molar-refractivity contribution in [1.82, 2.24) is 20.1 Å². The molecule has 0 radical (unpaired) electrons. The van der Waals surface area contributed by atoms with Crippen molar-refractivity contribution in [3.63, 3.8) is 0 Å². The van der Waals surface area contributed by atoms with Gasteiger partial charge in [-0.3, -0.25) is 0 Å². The predicted octanol–water partition coefficient (Wildman–Crippen LogP) is 3.03. The van der Waals surface area contributed by atoms with Gasteiger partial charge in [-0.25, -0.2) is 4.98 Å². The van der Waals surface area contributed by atoms with Crippen LogP contribution in [0.2, 0.25) is 0 Å². The SMILES string of the molecule is FC(F)(F)Oc1ccc(-c2noc(-c3cnc[nH]3)n2)cc1. The number of nitrogens with zero attached hydrogens (tertiary/aromatic N) is 3. The summed E-state index contributed by atoms with van der Waals surface area (Å²) >= 11 is 0. The second-order valence-corrected chi connectivity index (χ2v) is 3.96. The Balaban J connectivity index is 1.81. The highest BCUT2D eigenvalue weighted by Gasteiger charge is 2.31. The molecule has 0 atom stereocenters. The third-order valence-electron chi connectivity index (χ3n) is 2.50. The van der Waals surface area contributed by atoms with Crippen LogP contribution >= 0.6 is 0 Å². The topological polar surface area (TPSA) is 76.8 Å². The quantitative estimate of drug-likeness (QED) is 0.804. The Morgan fingerprint density at radius 3 is 2.52 bits per heavy atom. The number of nitrogens with one attached hydrogen (secondary N) is 1. The first kappa shape index (κ1) is 13.2. The molecule has 108 valence electrons. The molecule has 3 rings (SSSR count). The number of aromatic amines is 1. The van der Waals surface area contributed by atoms with Gasteiger partial charge in [-0.2, -0.15) is 4.98 Å². The van der Waals surface area contributed by atoms with E-state index in [4.69, 9.17) is 4.52 Å². The summed E-state index contributed by atoms with van der Waals surface area (Å²) in [4.78, 5) is 10.7. The van der Waals surface area contributed by atoms with E-state index in [9.17, 15) is 13.2 Å². The van der Waals surface area contributed by atoms with Gasteiger partial charge in [0, 0.05) is 5.56 Å². The fraction of sp³-hybridized carbons (Fsp3) is 0.0833. The van der Waals surface area contributed by atoms with Crippen LogP contribution in [-0.2, 0) is 0 Å². The zero-order valence-electron chi connectivity index (χ0n) is 10.3. The monoisotopic (exact) mass is 296 g/mol. The van der Waals surface area contributed by atoms with Gasteiger partial charge >= 0.3 is 6.36 Å². The largest absolute Gasteiger partial charge is 0.573 e. The number of aromatic nitrogens is 4. The van der Waals surface area contributed by atoms with Crippen LogP contribution < -0.4 is 4.74 Å². The van der Waals surface area contributed by atoms with Crippen molar-refractivity contribution in [2.45, 2.75) is 6.36 Å². The minimum atomic E-state index is -4.72. The predicted molar refractivity (Wildman–Crippen MR) is 64.0 cm³/mol. The smallest absolute Gasteiger partial charge is 0.406 e. The average molecular weight is 296 g/mol. The van der Waals surface area contributed by atoms with Crippen LogP contribution in [0.15, 0.2) is 41.3 Å². The van der Waals surface area contributed by atoms with E-state index in [1.54, 1.807) is 0 Å². The van der Waals surface area contributed by atoms with Crippen molar-refractivity contribution >= 4 is 0 Å². The van der Waals surface area contributed by atoms with Gasteiger partial charge in [0.15, 0.2) is 0 Å². The van der Waals surface area contributed by atoms with E-state index in [-0.39, 0.29) is 17.5 Å². The third kappa shape index (κ3) is 3.02. The molecule has 0 spiro atoms. The minimum absolute atomic E-state index is 0.234. The fourth-order valence-corrected chi connectivity index (χ4v) is 1.63. The molecule has 3 aromatic rings. The Morgan fingerprint density at radius 1 is 1.14 bits per heavy atom. The van der Waals surface area contributed by atoms with Crippen LogP contribution in [0.5, 0.6) is 5.75 Å². The second-order valence-electron chi connectivity index (χ2n) is 3.96. The zero-order chi connectivity index (χ0) is 14.9. The van der Waals surface area contributed by atoms with Crippen LogP contribution in [0, 0.1) is 0 Å². The average Bonchev–Trinajstić information content (AvgIpc) is 3.09. The zero-order valence-corrected chi connectivity index (χ0v) is 10.3. The highest BCUT2D eigenvalue weighted by molar-refractivity contribution is 5.58. The molecule has 0 aliphatic carbocycles. The molecule has 9 heteroatoms. The minimum Gasteiger partial charge on any atom is -0.406 e. The van der Waals surface area contributed by atoms with Crippen LogP contribution in [-0.4, -0.2) is 26.5 Å². The summed E-state index contributed by atoms with van der Waals surface area (Å²) in [5, 5.41) is 3.75. The molecule has 1 aromatic carbocycles. The van der Waals surface area contributed by atoms with E-state index in [2.05, 4.69) is 24.8 Å². The highest BCUT2D eigenvalue weighted by atomic mass is 19.4. The molecule has 2 heterocycles. The van der Waals surface area contributed by atoms with Gasteiger partial charge in [-0.15, -0.1) is 13.2 Å². The second kappa shape index (κ2) is 4.93. The molecule has 0 saturated carbocycles. The highest BCUT2D eigenvalue weighted by Crippen LogP contribution is 2.26. The lowest BCUT2D eigenvalue weighted by atomic mass is 10.2. The molecule has 0 amide bonds. The first-order chi connectivity index (χ1) is 10.0. The van der Waals surface area contributed by atoms with Crippen molar-refractivity contribution in [3.8, 4) is 28.7 Å². The van der Waals surface area contributed by atoms with Gasteiger partial charge in [0.2, 0.25) is 5.82 Å². The summed E-state index contributed by atoms with van der Waals surface area (Å²) in [5.74, 6) is 0.166. The molecule has 0 unspecified atom stereocenters. The molecule has 0 fully saturated rings. The molecule has 0 aliphatic heterocycles. The van der Waals surface area contributed by atoms with Gasteiger partial charge in [-0.05, 0) is 24.3 Å². The van der Waals surface area contributed by atoms with E-state index in [1.165, 1.54) is 36.8 Å². The summed E-state index contributed by atoms with van der Waals surface area (Å²) in [7, 11) is 0. The number of hydrogen-bond acceptors (Lipinski definition) is 5. The van der Waals surface area contributed by atoms with Crippen molar-refractivity contribution in [1.29, 1.82) is 0 Å². The number of ether oxygens (including phenoxy) is 1. The van der Waals surface area contributed by atoms with Crippen molar-refractivity contribution in [2.24, 2.45) is 0 Å². The Morgan fingerprint density at radius 2 is 1.90 bits per heavy atom. The Labute approximate surface area is 115 Å². The first-order valence-electron chi connectivity index (χ1n) is 5.70. The number of halogens is 3. The summed E-state index contributed by atoms with van der Waals surface area (Å²) in [5.41, 5.74) is 1.05. The number of benzene rings is 1. The standard InChI is InChI=1S/C12H7F3N4O2/c13-12(14,15)20-8-3-1-7(2-4-8)10-18-11(21-19-10)9-5-16-6-17-9/h1-6H,(H,16,17). The van der Waals surface area contributed by atoms with Crippen LogP contribution in [0.25, 0.3) is 23.0 Å². The molecule has 0 saturated heterocycles. The maximum absolute atomic E-state index is 12.1. The number of alkyl halides is 3. The van der Waals surface area contributed by atoms with Crippen molar-refractivity contribution < 1.29 is 22.4 Å². The molecular weight excluding hydrogens is 289 g/mol. The van der Waals surface area contributed by atoms with Gasteiger partial charge < -0.3 is 14.2 Å². The van der Waals surface area contributed by atoms with E-state index < -0.39 is 6.36 Å². The van der Waals surface area contributed by atoms with Crippen LogP contribution in [0.1, 0.15) is 0 Å². The molecular formula is C12H7F3N4O2. The van der Waals surface area contributed by atoms with E-state index in [0.717, 1.165) is 0 Å². The molecule has 0 bridgehead atoms. The normalized spacial score (nSPS) is 11.6. The van der Waals surface area contributed by atoms with Crippen molar-refractivity contribution in [3.05, 3.63) is 36.8 Å². The van der Waals surface area contributed by atoms with E-state index in [0.29, 0.717) is 11.3 Å². The molecule has 0 aliphatic rings. The summed E-state index contributed by atoms with van der Waals surface area (Å²) in [6, 6.07) is 5.16. The molecule has 1 N–H and O–H groups in total. The molecule has 21 heavy (non-hydrogen) atoms. The summed E-state index contributed by atoms with van der Waals surface area (Å²) < 4.78 is 45.0. The Hall–Kier alpha value is -2.84. The number of H-pyrrole nitrogens is 1. The maximum atomic E-state index is 12.1. The van der Waals surface area contributed by atoms with Gasteiger partial charge in [0.05, 0.1) is 12.5 Å². The van der Waals surface area contributed by atoms with Gasteiger partial charge in [0.1, 0.15) is 11.4 Å². The summed E-state index contributed by atoms with van der Waals surface area (Å²) in [6.07, 6.45) is -1.75. The van der Waals surface area contributed by atoms with Crippen LogP contribution in [0.4, 0.5) is 13.2 Å².